The van der Waals surface area contributed by atoms with Gasteiger partial charge in [0.1, 0.15) is 0 Å². The third kappa shape index (κ3) is 4.08. The highest BCUT2D eigenvalue weighted by Gasteiger charge is 2.33. The Labute approximate surface area is 187 Å². The largest absolute Gasteiger partial charge is 0.478 e. The molecule has 5 rings (SSSR count). The quantitative estimate of drug-likeness (QED) is 0.566. The number of hydrogen-bond acceptors (Lipinski definition) is 4. The summed E-state index contributed by atoms with van der Waals surface area (Å²) in [4.78, 5) is 15.3. The van der Waals surface area contributed by atoms with Crippen LogP contribution in [0.25, 0.3) is 11.3 Å². The van der Waals surface area contributed by atoms with Crippen LogP contribution in [0.15, 0.2) is 61.1 Å². The van der Waals surface area contributed by atoms with Gasteiger partial charge in [0, 0.05) is 5.56 Å². The minimum absolute atomic E-state index is 0.140. The van der Waals surface area contributed by atoms with Gasteiger partial charge in [-0.15, -0.1) is 0 Å². The van der Waals surface area contributed by atoms with Crippen molar-refractivity contribution in [2.75, 3.05) is 0 Å². The van der Waals surface area contributed by atoms with Crippen LogP contribution >= 0.6 is 0 Å². The van der Waals surface area contributed by atoms with E-state index in [0.717, 1.165) is 36.9 Å². The summed E-state index contributed by atoms with van der Waals surface area (Å²) in [7, 11) is 0. The molecule has 6 heteroatoms. The van der Waals surface area contributed by atoms with Crippen LogP contribution in [-0.2, 0) is 11.3 Å². The maximum absolute atomic E-state index is 11.1. The molecule has 0 amide bonds. The maximum atomic E-state index is 11.1. The monoisotopic (exact) mass is 432 g/mol. The van der Waals surface area contributed by atoms with Crippen molar-refractivity contribution >= 4 is 5.97 Å². The number of fused-ring (bicyclic) bond motifs is 3. The average Bonchev–Trinajstić information content (AvgIpc) is 3.41. The number of carboxylic acid groups (broad SMARTS) is 1. The summed E-state index contributed by atoms with van der Waals surface area (Å²) < 4.78 is 8.26. The first-order valence-corrected chi connectivity index (χ1v) is 11.3. The highest BCUT2D eigenvalue weighted by atomic mass is 16.5. The molecule has 2 aliphatic rings. The number of carbonyl (C=O) groups is 1. The Hall–Kier alpha value is -2.96. The van der Waals surface area contributed by atoms with Crippen LogP contribution in [0.3, 0.4) is 0 Å². The second-order valence-corrected chi connectivity index (χ2v) is 8.94. The van der Waals surface area contributed by atoms with Crippen molar-refractivity contribution in [3.63, 3.8) is 0 Å². The lowest BCUT2D eigenvalue weighted by molar-refractivity contribution is -0.0160. The Kier molecular flexibility index (Phi) is 5.81. The summed E-state index contributed by atoms with van der Waals surface area (Å²) in [6.45, 7) is 0.486. The highest BCUT2D eigenvalue weighted by molar-refractivity contribution is 5.87. The van der Waals surface area contributed by atoms with Crippen molar-refractivity contribution < 1.29 is 19.7 Å². The van der Waals surface area contributed by atoms with Crippen LogP contribution in [0, 0.1) is 5.92 Å². The number of ether oxygens (including phenoxy) is 1. The second kappa shape index (κ2) is 8.88. The van der Waals surface area contributed by atoms with Crippen molar-refractivity contribution in [2.45, 2.75) is 57.0 Å². The van der Waals surface area contributed by atoms with Gasteiger partial charge in [0.2, 0.25) is 0 Å². The number of hydrogen-bond donors (Lipinski definition) is 2. The van der Waals surface area contributed by atoms with Gasteiger partial charge in [-0.05, 0) is 61.3 Å². The number of carboxylic acids is 1. The van der Waals surface area contributed by atoms with Gasteiger partial charge in [0.25, 0.3) is 0 Å². The van der Waals surface area contributed by atoms with Crippen molar-refractivity contribution in [1.29, 1.82) is 0 Å². The molecule has 0 spiro atoms. The minimum Gasteiger partial charge on any atom is -0.478 e. The van der Waals surface area contributed by atoms with Crippen LogP contribution in [-0.4, -0.2) is 37.9 Å². The van der Waals surface area contributed by atoms with E-state index in [1.54, 1.807) is 12.1 Å². The molecule has 1 aliphatic heterocycles. The second-order valence-electron chi connectivity index (χ2n) is 8.94. The van der Waals surface area contributed by atoms with Gasteiger partial charge in [0.15, 0.2) is 0 Å². The number of rotatable bonds is 7. The third-order valence-electron chi connectivity index (χ3n) is 7.01. The fraction of sp³-hybridized carbons (Fsp3) is 0.385. The van der Waals surface area contributed by atoms with Crippen molar-refractivity contribution in [2.24, 2.45) is 5.92 Å². The van der Waals surface area contributed by atoms with Gasteiger partial charge in [-0.2, -0.15) is 0 Å². The van der Waals surface area contributed by atoms with Gasteiger partial charge in [-0.25, -0.2) is 9.78 Å². The summed E-state index contributed by atoms with van der Waals surface area (Å²) in [5.74, 6) is -0.635. The van der Waals surface area contributed by atoms with E-state index in [0.29, 0.717) is 13.0 Å². The molecule has 1 aromatic heterocycles. The molecule has 2 unspecified atom stereocenters. The third-order valence-corrected chi connectivity index (χ3v) is 7.01. The molecule has 166 valence electrons. The molecule has 1 fully saturated rings. The Morgan fingerprint density at radius 1 is 1.09 bits per heavy atom. The molecule has 0 saturated heterocycles. The number of aromatic carboxylic acids is 1. The van der Waals surface area contributed by atoms with E-state index >= 15 is 0 Å². The van der Waals surface area contributed by atoms with Gasteiger partial charge in [-0.1, -0.05) is 36.4 Å². The van der Waals surface area contributed by atoms with E-state index in [-0.39, 0.29) is 29.7 Å². The fourth-order valence-electron chi connectivity index (χ4n) is 5.19. The van der Waals surface area contributed by atoms with Gasteiger partial charge >= 0.3 is 5.97 Å². The maximum Gasteiger partial charge on any atom is 0.335 e. The molecule has 1 saturated carbocycles. The van der Waals surface area contributed by atoms with Gasteiger partial charge < -0.3 is 19.5 Å². The highest BCUT2D eigenvalue weighted by Crippen LogP contribution is 2.42. The Balaban J connectivity index is 1.14. The standard InChI is InChI=1S/C26H28N2O4/c29-25(13-23-21-3-1-2-4-22(21)24-14-27-16-28(23)24)18-9-11-20(12-10-18)32-15-17-5-7-19(8-6-17)26(30)31/h1-8,14,16,18,20,23,25,29H,9-13,15H2,(H,30,31). The number of imidazole rings is 1. The predicted molar refractivity (Wildman–Crippen MR) is 120 cm³/mol. The van der Waals surface area contributed by atoms with Gasteiger partial charge in [-0.3, -0.25) is 0 Å². The first kappa shape index (κ1) is 20.9. The van der Waals surface area contributed by atoms with Crippen molar-refractivity contribution in [3.8, 4) is 11.3 Å². The summed E-state index contributed by atoms with van der Waals surface area (Å²) in [6.07, 6.45) is 8.09. The van der Waals surface area contributed by atoms with E-state index in [2.05, 4.69) is 33.8 Å². The first-order valence-electron chi connectivity index (χ1n) is 11.3. The zero-order chi connectivity index (χ0) is 22.1. The number of benzene rings is 2. The van der Waals surface area contributed by atoms with Gasteiger partial charge in [0.05, 0.1) is 48.6 Å². The number of aliphatic hydroxyl groups excluding tert-OH is 1. The summed E-state index contributed by atoms with van der Waals surface area (Å²) in [5.41, 5.74) is 4.89. The smallest absolute Gasteiger partial charge is 0.335 e. The van der Waals surface area contributed by atoms with E-state index < -0.39 is 5.97 Å². The number of aliphatic hydroxyl groups is 1. The zero-order valence-electron chi connectivity index (χ0n) is 17.9. The lowest BCUT2D eigenvalue weighted by atomic mass is 9.81. The predicted octanol–water partition coefficient (Wildman–Crippen LogP) is 4.68. The summed E-state index contributed by atoms with van der Waals surface area (Å²) in [6, 6.07) is 15.4. The lowest BCUT2D eigenvalue weighted by Gasteiger charge is -2.32. The molecule has 1 aliphatic carbocycles. The SMILES string of the molecule is O=C(O)c1ccc(COC2CCC(C(O)CC3c4ccccc4-c4cncn43)CC2)cc1. The number of nitrogens with zero attached hydrogens (tertiary/aromatic N) is 2. The zero-order valence-corrected chi connectivity index (χ0v) is 17.9. The van der Waals surface area contributed by atoms with E-state index in [4.69, 9.17) is 9.84 Å². The fourth-order valence-corrected chi connectivity index (χ4v) is 5.19. The van der Waals surface area contributed by atoms with E-state index in [1.165, 1.54) is 11.1 Å². The molecule has 2 N–H and O–H groups in total. The van der Waals surface area contributed by atoms with E-state index in [1.807, 2.05) is 24.7 Å². The van der Waals surface area contributed by atoms with E-state index in [9.17, 15) is 9.90 Å². The van der Waals surface area contributed by atoms with Crippen LogP contribution in [0.1, 0.15) is 59.6 Å². The molecule has 2 aromatic carbocycles. The molecular weight excluding hydrogens is 404 g/mol. The molecule has 32 heavy (non-hydrogen) atoms. The van der Waals surface area contributed by atoms with Crippen LogP contribution < -0.4 is 0 Å². The molecule has 0 bridgehead atoms. The topological polar surface area (TPSA) is 84.6 Å². The molecule has 2 heterocycles. The molecule has 2 atom stereocenters. The normalized spacial score (nSPS) is 22.8. The summed E-state index contributed by atoms with van der Waals surface area (Å²) in [5, 5.41) is 20.1. The first-order chi connectivity index (χ1) is 15.6. The Morgan fingerprint density at radius 2 is 1.84 bits per heavy atom. The lowest BCUT2D eigenvalue weighted by Crippen LogP contribution is -2.30. The van der Waals surface area contributed by atoms with Crippen LogP contribution in [0.5, 0.6) is 0 Å². The van der Waals surface area contributed by atoms with Crippen LogP contribution in [0.4, 0.5) is 0 Å². The molecule has 3 aromatic rings. The Morgan fingerprint density at radius 3 is 2.59 bits per heavy atom. The van der Waals surface area contributed by atoms with Crippen LogP contribution in [0.2, 0.25) is 0 Å². The summed E-state index contributed by atoms with van der Waals surface area (Å²) >= 11 is 0. The Bertz CT molecular complexity index is 1080. The van der Waals surface area contributed by atoms with Crippen molar-refractivity contribution in [3.05, 3.63) is 77.7 Å². The number of aromatic nitrogens is 2. The minimum atomic E-state index is -0.917. The average molecular weight is 433 g/mol. The molecule has 6 nitrogen and oxygen atoms in total. The van der Waals surface area contributed by atoms with Crippen molar-refractivity contribution in [1.82, 2.24) is 9.55 Å². The molecular formula is C26H28N2O4. The molecule has 0 radical (unpaired) electrons.